The molecule has 29 heavy (non-hydrogen) atoms. The number of ether oxygens (including phenoxy) is 1. The molecule has 0 spiro atoms. The SMILES string of the molecule is CCNC(=NCc1ccccc1COC)NCCc1ccc(S(C)(=O)=O)cc1.I. The first-order chi connectivity index (χ1) is 13.4. The van der Waals surface area contributed by atoms with Gasteiger partial charge in [0, 0.05) is 26.5 Å². The quantitative estimate of drug-likeness (QED) is 0.295. The first kappa shape index (κ1) is 25.4. The summed E-state index contributed by atoms with van der Waals surface area (Å²) in [6, 6.07) is 15.1. The van der Waals surface area contributed by atoms with Crippen molar-refractivity contribution in [2.24, 2.45) is 4.99 Å². The maximum Gasteiger partial charge on any atom is 0.191 e. The minimum absolute atomic E-state index is 0. The van der Waals surface area contributed by atoms with Crippen molar-refractivity contribution in [3.8, 4) is 0 Å². The van der Waals surface area contributed by atoms with Gasteiger partial charge >= 0.3 is 0 Å². The number of methoxy groups -OCH3 is 1. The lowest BCUT2D eigenvalue weighted by Gasteiger charge is -2.12. The van der Waals surface area contributed by atoms with E-state index in [0.29, 0.717) is 24.6 Å². The highest BCUT2D eigenvalue weighted by Crippen LogP contribution is 2.12. The third-order valence-electron chi connectivity index (χ3n) is 4.23. The highest BCUT2D eigenvalue weighted by atomic mass is 127. The second-order valence-electron chi connectivity index (χ2n) is 6.49. The lowest BCUT2D eigenvalue weighted by atomic mass is 10.1. The number of halogens is 1. The van der Waals surface area contributed by atoms with E-state index in [4.69, 9.17) is 4.74 Å². The summed E-state index contributed by atoms with van der Waals surface area (Å²) >= 11 is 0. The topological polar surface area (TPSA) is 79.8 Å². The van der Waals surface area contributed by atoms with Crippen LogP contribution < -0.4 is 10.6 Å². The highest BCUT2D eigenvalue weighted by molar-refractivity contribution is 14.0. The van der Waals surface area contributed by atoms with Crippen molar-refractivity contribution in [2.45, 2.75) is 31.4 Å². The Morgan fingerprint density at radius 1 is 1.03 bits per heavy atom. The third kappa shape index (κ3) is 8.71. The van der Waals surface area contributed by atoms with Gasteiger partial charge in [0.15, 0.2) is 15.8 Å². The van der Waals surface area contributed by atoms with Crippen molar-refractivity contribution in [1.29, 1.82) is 0 Å². The van der Waals surface area contributed by atoms with E-state index in [2.05, 4.69) is 27.8 Å². The van der Waals surface area contributed by atoms with Crippen molar-refractivity contribution in [1.82, 2.24) is 10.6 Å². The van der Waals surface area contributed by atoms with Gasteiger partial charge in [-0.1, -0.05) is 36.4 Å². The molecule has 0 amide bonds. The zero-order chi connectivity index (χ0) is 20.4. The third-order valence-corrected chi connectivity index (χ3v) is 5.36. The molecule has 0 aliphatic carbocycles. The number of hydrogen-bond donors (Lipinski definition) is 2. The molecular formula is C21H30IN3O3S. The maximum absolute atomic E-state index is 11.5. The molecule has 0 heterocycles. The fraction of sp³-hybridized carbons (Fsp3) is 0.381. The van der Waals surface area contributed by atoms with Crippen LogP contribution in [0.5, 0.6) is 0 Å². The van der Waals surface area contributed by atoms with Gasteiger partial charge < -0.3 is 15.4 Å². The van der Waals surface area contributed by atoms with Gasteiger partial charge in [0.05, 0.1) is 18.0 Å². The number of aliphatic imine (C=N–C) groups is 1. The first-order valence-electron chi connectivity index (χ1n) is 9.31. The second kappa shape index (κ2) is 12.8. The number of sulfone groups is 1. The van der Waals surface area contributed by atoms with Crippen molar-refractivity contribution in [3.63, 3.8) is 0 Å². The summed E-state index contributed by atoms with van der Waals surface area (Å²) in [6.07, 6.45) is 1.99. The van der Waals surface area contributed by atoms with Crippen LogP contribution in [0.2, 0.25) is 0 Å². The summed E-state index contributed by atoms with van der Waals surface area (Å²) in [5.74, 6) is 0.752. The zero-order valence-electron chi connectivity index (χ0n) is 17.1. The molecule has 0 unspecified atom stereocenters. The van der Waals surface area contributed by atoms with Gasteiger partial charge in [-0.2, -0.15) is 0 Å². The monoisotopic (exact) mass is 531 g/mol. The average molecular weight is 531 g/mol. The molecule has 0 aliphatic rings. The van der Waals surface area contributed by atoms with Gasteiger partial charge in [-0.25, -0.2) is 13.4 Å². The molecule has 0 saturated carbocycles. The van der Waals surface area contributed by atoms with Crippen LogP contribution in [0.25, 0.3) is 0 Å². The fourth-order valence-electron chi connectivity index (χ4n) is 2.74. The van der Waals surface area contributed by atoms with Crippen molar-refractivity contribution >= 4 is 39.8 Å². The summed E-state index contributed by atoms with van der Waals surface area (Å²) < 4.78 is 28.3. The number of guanidine groups is 1. The molecule has 160 valence electrons. The van der Waals surface area contributed by atoms with E-state index in [-0.39, 0.29) is 24.0 Å². The summed E-state index contributed by atoms with van der Waals surface area (Å²) in [6.45, 7) is 4.63. The molecule has 0 saturated heterocycles. The molecule has 0 atom stereocenters. The number of nitrogens with one attached hydrogen (secondary N) is 2. The van der Waals surface area contributed by atoms with Gasteiger partial charge in [0.2, 0.25) is 0 Å². The minimum Gasteiger partial charge on any atom is -0.380 e. The Kier molecular flexibility index (Phi) is 11.2. The highest BCUT2D eigenvalue weighted by Gasteiger charge is 2.06. The maximum atomic E-state index is 11.5. The van der Waals surface area contributed by atoms with Gasteiger partial charge in [0.25, 0.3) is 0 Å². The molecule has 0 aromatic heterocycles. The normalized spacial score (nSPS) is 11.6. The Morgan fingerprint density at radius 3 is 2.28 bits per heavy atom. The predicted molar refractivity (Wildman–Crippen MR) is 129 cm³/mol. The Morgan fingerprint density at radius 2 is 1.69 bits per heavy atom. The Balaban J connectivity index is 0.00000420. The largest absolute Gasteiger partial charge is 0.380 e. The van der Waals surface area contributed by atoms with Crippen LogP contribution in [0.3, 0.4) is 0 Å². The van der Waals surface area contributed by atoms with E-state index in [9.17, 15) is 8.42 Å². The summed E-state index contributed by atoms with van der Waals surface area (Å²) in [4.78, 5) is 5.01. The molecule has 0 bridgehead atoms. The Labute approximate surface area is 191 Å². The zero-order valence-corrected chi connectivity index (χ0v) is 20.3. The average Bonchev–Trinajstić information content (AvgIpc) is 2.67. The lowest BCUT2D eigenvalue weighted by Crippen LogP contribution is -2.38. The van der Waals surface area contributed by atoms with Crippen LogP contribution in [-0.4, -0.2) is 40.8 Å². The standard InChI is InChI=1S/C21H29N3O3S.HI/c1-4-22-21(24-15-18-7-5-6-8-19(18)16-27-2)23-14-13-17-9-11-20(12-10-17)28(3,25)26;/h5-12H,4,13-16H2,1-3H3,(H2,22,23,24);1H. The second-order valence-corrected chi connectivity index (χ2v) is 8.51. The molecule has 2 aromatic rings. The molecule has 0 radical (unpaired) electrons. The molecule has 8 heteroatoms. The van der Waals surface area contributed by atoms with Gasteiger partial charge in [-0.05, 0) is 42.2 Å². The minimum atomic E-state index is -3.16. The summed E-state index contributed by atoms with van der Waals surface area (Å²) in [5, 5.41) is 6.57. The van der Waals surface area contributed by atoms with E-state index in [1.807, 2.05) is 31.2 Å². The van der Waals surface area contributed by atoms with Crippen LogP contribution in [0.1, 0.15) is 23.6 Å². The van der Waals surface area contributed by atoms with Gasteiger partial charge in [-0.15, -0.1) is 24.0 Å². The van der Waals surface area contributed by atoms with Crippen LogP contribution in [-0.2, 0) is 34.1 Å². The molecule has 2 aromatic carbocycles. The van der Waals surface area contributed by atoms with Crippen molar-refractivity contribution < 1.29 is 13.2 Å². The van der Waals surface area contributed by atoms with Crippen LogP contribution in [0, 0.1) is 0 Å². The molecule has 0 fully saturated rings. The fourth-order valence-corrected chi connectivity index (χ4v) is 3.37. The smallest absolute Gasteiger partial charge is 0.191 e. The number of rotatable bonds is 9. The number of nitrogens with zero attached hydrogens (tertiary/aromatic N) is 1. The van der Waals surface area contributed by atoms with Gasteiger partial charge in [0.1, 0.15) is 0 Å². The van der Waals surface area contributed by atoms with Gasteiger partial charge in [-0.3, -0.25) is 0 Å². The number of hydrogen-bond acceptors (Lipinski definition) is 4. The summed E-state index contributed by atoms with van der Waals surface area (Å²) in [7, 11) is -1.47. The van der Waals surface area contributed by atoms with Crippen LogP contribution in [0.4, 0.5) is 0 Å². The van der Waals surface area contributed by atoms with E-state index < -0.39 is 9.84 Å². The molecular weight excluding hydrogens is 501 g/mol. The first-order valence-corrected chi connectivity index (χ1v) is 11.2. The lowest BCUT2D eigenvalue weighted by molar-refractivity contribution is 0.184. The molecule has 2 N–H and O–H groups in total. The molecule has 2 rings (SSSR count). The summed E-state index contributed by atoms with van der Waals surface area (Å²) in [5.41, 5.74) is 3.34. The Bertz CT molecular complexity index is 884. The predicted octanol–water partition coefficient (Wildman–Crippen LogP) is 3.15. The van der Waals surface area contributed by atoms with E-state index in [1.54, 1.807) is 19.2 Å². The van der Waals surface area contributed by atoms with Crippen LogP contribution >= 0.6 is 24.0 Å². The van der Waals surface area contributed by atoms with Crippen molar-refractivity contribution in [3.05, 3.63) is 65.2 Å². The molecule has 6 nitrogen and oxygen atoms in total. The number of benzene rings is 2. The van der Waals surface area contributed by atoms with Crippen LogP contribution in [0.15, 0.2) is 58.4 Å². The van der Waals surface area contributed by atoms with E-state index >= 15 is 0 Å². The molecule has 0 aliphatic heterocycles. The Hall–Kier alpha value is -1.65. The van der Waals surface area contributed by atoms with E-state index in [1.165, 1.54) is 6.26 Å². The van der Waals surface area contributed by atoms with Crippen molar-refractivity contribution in [2.75, 3.05) is 26.5 Å². The van der Waals surface area contributed by atoms with E-state index in [0.717, 1.165) is 35.6 Å².